The maximum atomic E-state index is 13.3. The number of carbonyl (C=O) groups is 2. The maximum absolute atomic E-state index is 13.3. The molecule has 1 aliphatic heterocycles. The number of sulfonamides is 1. The minimum atomic E-state index is -3.86. The van der Waals surface area contributed by atoms with Gasteiger partial charge in [-0.2, -0.15) is 0 Å². The molecule has 9 heteroatoms. The molecule has 0 unspecified atom stereocenters. The van der Waals surface area contributed by atoms with Gasteiger partial charge >= 0.3 is 0 Å². The minimum Gasteiger partial charge on any atom is -0.459 e. The molecule has 0 aliphatic carbocycles. The average molecular weight is 496 g/mol. The second-order valence-electron chi connectivity index (χ2n) is 8.92. The van der Waals surface area contributed by atoms with Gasteiger partial charge in [-0.1, -0.05) is 18.2 Å². The van der Waals surface area contributed by atoms with Gasteiger partial charge in [-0.05, 0) is 75.1 Å². The Morgan fingerprint density at radius 3 is 2.37 bits per heavy atom. The lowest BCUT2D eigenvalue weighted by Gasteiger charge is -2.32. The fourth-order valence-corrected chi connectivity index (χ4v) is 5.25. The van der Waals surface area contributed by atoms with Crippen molar-refractivity contribution in [3.8, 4) is 0 Å². The van der Waals surface area contributed by atoms with Crippen LogP contribution in [0.1, 0.15) is 50.4 Å². The third-order valence-corrected chi connectivity index (χ3v) is 7.58. The third-order valence-electron chi connectivity index (χ3n) is 6.21. The van der Waals surface area contributed by atoms with Crippen LogP contribution in [0.25, 0.3) is 0 Å². The predicted molar refractivity (Wildman–Crippen MR) is 133 cm³/mol. The Balaban J connectivity index is 1.43. The molecule has 1 aromatic heterocycles. The lowest BCUT2D eigenvalue weighted by atomic mass is 10.0. The van der Waals surface area contributed by atoms with Crippen molar-refractivity contribution >= 4 is 27.5 Å². The van der Waals surface area contributed by atoms with Crippen molar-refractivity contribution in [3.63, 3.8) is 0 Å². The Hall–Kier alpha value is -3.59. The van der Waals surface area contributed by atoms with E-state index in [0.717, 1.165) is 11.1 Å². The summed E-state index contributed by atoms with van der Waals surface area (Å²) in [5, 5.41) is 2.97. The molecule has 0 radical (unpaired) electrons. The largest absolute Gasteiger partial charge is 0.459 e. The van der Waals surface area contributed by atoms with Gasteiger partial charge in [0.15, 0.2) is 5.76 Å². The Labute approximate surface area is 205 Å². The van der Waals surface area contributed by atoms with E-state index < -0.39 is 10.0 Å². The van der Waals surface area contributed by atoms with Gasteiger partial charge in [-0.3, -0.25) is 14.3 Å². The monoisotopic (exact) mass is 495 g/mol. The summed E-state index contributed by atoms with van der Waals surface area (Å²) in [7, 11) is -3.86. The molecule has 8 nitrogen and oxygen atoms in total. The van der Waals surface area contributed by atoms with Crippen LogP contribution in [-0.2, 0) is 10.0 Å². The van der Waals surface area contributed by atoms with E-state index in [-0.39, 0.29) is 22.8 Å². The maximum Gasteiger partial charge on any atom is 0.287 e. The Morgan fingerprint density at radius 2 is 1.71 bits per heavy atom. The zero-order valence-electron chi connectivity index (χ0n) is 20.0. The van der Waals surface area contributed by atoms with Crippen molar-refractivity contribution in [2.75, 3.05) is 17.8 Å². The topological polar surface area (TPSA) is 109 Å². The highest BCUT2D eigenvalue weighted by atomic mass is 32.2. The Bertz CT molecular complexity index is 1350. The molecule has 2 N–H and O–H groups in total. The van der Waals surface area contributed by atoms with Crippen LogP contribution < -0.4 is 10.0 Å². The summed E-state index contributed by atoms with van der Waals surface area (Å²) < 4.78 is 33.7. The molecule has 1 fully saturated rings. The van der Waals surface area contributed by atoms with Crippen LogP contribution in [0.15, 0.2) is 64.1 Å². The van der Waals surface area contributed by atoms with Crippen LogP contribution in [0, 0.1) is 20.8 Å². The SMILES string of the molecule is Cc1cccc(NS(=O)(=O)c2ccc(C)c(C(=O)N3CCC(NC(=O)c4occc4C)CC3)c2)c1. The first-order chi connectivity index (χ1) is 16.6. The molecule has 35 heavy (non-hydrogen) atoms. The van der Waals surface area contributed by atoms with E-state index in [1.807, 2.05) is 19.9 Å². The summed E-state index contributed by atoms with van der Waals surface area (Å²) in [5.74, 6) is -0.176. The Morgan fingerprint density at radius 1 is 0.971 bits per heavy atom. The zero-order valence-corrected chi connectivity index (χ0v) is 20.8. The second kappa shape index (κ2) is 9.95. The first kappa shape index (κ1) is 24.5. The third kappa shape index (κ3) is 5.57. The minimum absolute atomic E-state index is 0.0314. The molecule has 3 aromatic rings. The molecule has 2 amide bonds. The van der Waals surface area contributed by atoms with Crippen LogP contribution in [0.2, 0.25) is 0 Å². The van der Waals surface area contributed by atoms with Crippen LogP contribution in [0.3, 0.4) is 0 Å². The fourth-order valence-electron chi connectivity index (χ4n) is 4.17. The van der Waals surface area contributed by atoms with Crippen molar-refractivity contribution in [1.29, 1.82) is 0 Å². The number of nitrogens with one attached hydrogen (secondary N) is 2. The summed E-state index contributed by atoms with van der Waals surface area (Å²) in [6, 6.07) is 13.3. The standard InChI is InChI=1S/C26H29N3O5S/c1-17-5-4-6-21(15-17)28-35(32,33)22-8-7-18(2)23(16-22)26(31)29-12-9-20(10-13-29)27-25(30)24-19(3)11-14-34-24/h4-8,11,14-16,20,28H,9-10,12-13H2,1-3H3,(H,27,30). The van der Waals surface area contributed by atoms with Crippen molar-refractivity contribution < 1.29 is 22.4 Å². The molecule has 2 aromatic carbocycles. The summed E-state index contributed by atoms with van der Waals surface area (Å²) in [6.07, 6.45) is 2.69. The molecule has 4 rings (SSSR count). The highest BCUT2D eigenvalue weighted by Crippen LogP contribution is 2.23. The van der Waals surface area contributed by atoms with Gasteiger partial charge in [0.2, 0.25) is 0 Å². The van der Waals surface area contributed by atoms with E-state index in [9.17, 15) is 18.0 Å². The van der Waals surface area contributed by atoms with Crippen molar-refractivity contribution in [1.82, 2.24) is 10.2 Å². The molecular formula is C26H29N3O5S. The lowest BCUT2D eigenvalue weighted by Crippen LogP contribution is -2.46. The quantitative estimate of drug-likeness (QED) is 0.537. The second-order valence-corrected chi connectivity index (χ2v) is 10.6. The molecular weight excluding hydrogens is 466 g/mol. The van der Waals surface area contributed by atoms with Crippen LogP contribution in [-0.4, -0.2) is 44.3 Å². The number of likely N-dealkylation sites (tertiary alicyclic amines) is 1. The van der Waals surface area contributed by atoms with E-state index in [1.165, 1.54) is 18.4 Å². The van der Waals surface area contributed by atoms with Crippen LogP contribution in [0.5, 0.6) is 0 Å². The summed E-state index contributed by atoms with van der Waals surface area (Å²) in [6.45, 7) is 6.40. The number of hydrogen-bond donors (Lipinski definition) is 2. The molecule has 0 saturated carbocycles. The number of anilines is 1. The average Bonchev–Trinajstić information content (AvgIpc) is 3.25. The number of rotatable bonds is 6. The molecule has 0 spiro atoms. The van der Waals surface area contributed by atoms with Gasteiger partial charge in [0.25, 0.3) is 21.8 Å². The summed E-state index contributed by atoms with van der Waals surface area (Å²) in [5.41, 5.74) is 3.23. The van der Waals surface area contributed by atoms with Gasteiger partial charge in [0, 0.05) is 35.9 Å². The van der Waals surface area contributed by atoms with Crippen molar-refractivity contribution in [3.05, 3.63) is 82.8 Å². The summed E-state index contributed by atoms with van der Waals surface area (Å²) in [4.78, 5) is 27.4. The van der Waals surface area contributed by atoms with Crippen LogP contribution >= 0.6 is 0 Å². The number of benzene rings is 2. The predicted octanol–water partition coefficient (Wildman–Crippen LogP) is 4.04. The first-order valence-corrected chi connectivity index (χ1v) is 13.0. The van der Waals surface area contributed by atoms with Crippen molar-refractivity contribution in [2.45, 2.75) is 44.6 Å². The first-order valence-electron chi connectivity index (χ1n) is 11.5. The number of nitrogens with zero attached hydrogens (tertiary/aromatic N) is 1. The van der Waals surface area contributed by atoms with E-state index in [1.54, 1.807) is 42.2 Å². The fraction of sp³-hybridized carbons (Fsp3) is 0.308. The number of furan rings is 1. The number of amides is 2. The highest BCUT2D eigenvalue weighted by Gasteiger charge is 2.27. The Kier molecular flexibility index (Phi) is 6.98. The molecule has 0 atom stereocenters. The van der Waals surface area contributed by atoms with Crippen molar-refractivity contribution in [2.24, 2.45) is 0 Å². The van der Waals surface area contributed by atoms with Gasteiger partial charge in [0.1, 0.15) is 0 Å². The summed E-state index contributed by atoms with van der Waals surface area (Å²) >= 11 is 0. The van der Waals surface area contributed by atoms with E-state index in [0.29, 0.717) is 48.5 Å². The van der Waals surface area contributed by atoms with Crippen LogP contribution in [0.4, 0.5) is 5.69 Å². The normalized spacial score (nSPS) is 14.5. The number of piperidine rings is 1. The number of aryl methyl sites for hydroxylation is 3. The lowest BCUT2D eigenvalue weighted by molar-refractivity contribution is 0.0694. The van der Waals surface area contributed by atoms with Gasteiger partial charge in [-0.15, -0.1) is 0 Å². The molecule has 184 valence electrons. The van der Waals surface area contributed by atoms with E-state index in [2.05, 4.69) is 10.0 Å². The smallest absolute Gasteiger partial charge is 0.287 e. The molecule has 1 saturated heterocycles. The van der Waals surface area contributed by atoms with E-state index >= 15 is 0 Å². The zero-order chi connectivity index (χ0) is 25.2. The van der Waals surface area contributed by atoms with E-state index in [4.69, 9.17) is 4.42 Å². The van der Waals surface area contributed by atoms with Gasteiger partial charge in [-0.25, -0.2) is 8.42 Å². The van der Waals surface area contributed by atoms with Gasteiger partial charge in [0.05, 0.1) is 11.2 Å². The molecule has 2 heterocycles. The number of hydrogen-bond acceptors (Lipinski definition) is 5. The molecule has 0 bridgehead atoms. The highest BCUT2D eigenvalue weighted by molar-refractivity contribution is 7.92. The number of carbonyl (C=O) groups excluding carboxylic acids is 2. The molecule has 1 aliphatic rings. The van der Waals surface area contributed by atoms with Gasteiger partial charge < -0.3 is 14.6 Å².